The van der Waals surface area contributed by atoms with Crippen LogP contribution in [0.4, 0.5) is 0 Å². The molecular formula is C22H26N2O2. The van der Waals surface area contributed by atoms with Gasteiger partial charge in [-0.3, -0.25) is 9.59 Å². The summed E-state index contributed by atoms with van der Waals surface area (Å²) in [6.45, 7) is 5.82. The highest BCUT2D eigenvalue weighted by molar-refractivity contribution is 5.94. The van der Waals surface area contributed by atoms with Crippen LogP contribution in [0.5, 0.6) is 0 Å². The molecule has 2 aromatic rings. The predicted molar refractivity (Wildman–Crippen MR) is 103 cm³/mol. The summed E-state index contributed by atoms with van der Waals surface area (Å²) < 4.78 is 0. The molecule has 1 aliphatic heterocycles. The van der Waals surface area contributed by atoms with Gasteiger partial charge >= 0.3 is 0 Å². The van der Waals surface area contributed by atoms with Crippen molar-refractivity contribution >= 4 is 11.8 Å². The maximum atomic E-state index is 12.7. The van der Waals surface area contributed by atoms with Crippen LogP contribution in [0, 0.1) is 12.3 Å². The second-order valence-electron chi connectivity index (χ2n) is 7.39. The topological polar surface area (TPSA) is 49.4 Å². The molecule has 3 rings (SSSR count). The lowest BCUT2D eigenvalue weighted by molar-refractivity contribution is -0.132. The highest BCUT2D eigenvalue weighted by atomic mass is 16.2. The van der Waals surface area contributed by atoms with Crippen LogP contribution in [-0.2, 0) is 11.3 Å². The molecule has 2 aromatic carbocycles. The minimum absolute atomic E-state index is 0.0488. The number of benzene rings is 2. The summed E-state index contributed by atoms with van der Waals surface area (Å²) in [6, 6.07) is 17.5. The van der Waals surface area contributed by atoms with Crippen LogP contribution in [0.2, 0.25) is 0 Å². The van der Waals surface area contributed by atoms with Gasteiger partial charge in [0.25, 0.3) is 5.91 Å². The van der Waals surface area contributed by atoms with Gasteiger partial charge in [0.2, 0.25) is 5.91 Å². The van der Waals surface area contributed by atoms with Crippen molar-refractivity contribution in [2.24, 2.45) is 5.41 Å². The molecule has 4 nitrogen and oxygen atoms in total. The number of hydrogen-bond donors (Lipinski definition) is 1. The summed E-state index contributed by atoms with van der Waals surface area (Å²) in [5.41, 5.74) is 2.60. The number of piperidine rings is 1. The van der Waals surface area contributed by atoms with Crippen molar-refractivity contribution in [1.29, 1.82) is 0 Å². The van der Waals surface area contributed by atoms with Gasteiger partial charge in [-0.05, 0) is 37.5 Å². The fourth-order valence-corrected chi connectivity index (χ4v) is 3.30. The zero-order valence-corrected chi connectivity index (χ0v) is 15.5. The van der Waals surface area contributed by atoms with Crippen LogP contribution in [0.25, 0.3) is 0 Å². The summed E-state index contributed by atoms with van der Waals surface area (Å²) >= 11 is 0. The van der Waals surface area contributed by atoms with E-state index in [-0.39, 0.29) is 11.8 Å². The van der Waals surface area contributed by atoms with Gasteiger partial charge in [-0.15, -0.1) is 0 Å². The fourth-order valence-electron chi connectivity index (χ4n) is 3.30. The number of carbonyl (C=O) groups is 2. The van der Waals surface area contributed by atoms with Crippen LogP contribution in [-0.4, -0.2) is 29.8 Å². The molecule has 0 aromatic heterocycles. The third-order valence-corrected chi connectivity index (χ3v) is 5.30. The zero-order chi connectivity index (χ0) is 18.6. The molecular weight excluding hydrogens is 324 g/mol. The summed E-state index contributed by atoms with van der Waals surface area (Å²) in [4.78, 5) is 27.1. The Balaban J connectivity index is 1.54. The largest absolute Gasteiger partial charge is 0.352 e. The molecule has 0 atom stereocenters. The Hall–Kier alpha value is -2.62. The number of nitrogens with one attached hydrogen (secondary N) is 1. The number of hydrogen-bond acceptors (Lipinski definition) is 2. The van der Waals surface area contributed by atoms with E-state index in [0.29, 0.717) is 38.0 Å². The quantitative estimate of drug-likeness (QED) is 0.917. The maximum Gasteiger partial charge on any atom is 0.253 e. The van der Waals surface area contributed by atoms with E-state index in [2.05, 4.69) is 17.4 Å². The average Bonchev–Trinajstić information content (AvgIpc) is 2.68. The molecule has 1 N–H and O–H groups in total. The normalized spacial score (nSPS) is 16.2. The van der Waals surface area contributed by atoms with E-state index in [1.807, 2.05) is 61.2 Å². The second kappa shape index (κ2) is 7.73. The third kappa shape index (κ3) is 4.13. The SMILES string of the molecule is Cc1ccc(CNC(=O)C2(C)CCN(C(=O)c3ccccc3)CC2)cc1. The van der Waals surface area contributed by atoms with E-state index in [1.165, 1.54) is 5.56 Å². The first-order valence-corrected chi connectivity index (χ1v) is 9.16. The van der Waals surface area contributed by atoms with E-state index in [1.54, 1.807) is 0 Å². The number of aryl methyl sites for hydroxylation is 1. The summed E-state index contributed by atoms with van der Waals surface area (Å²) in [5.74, 6) is 0.123. The van der Waals surface area contributed by atoms with Gasteiger partial charge in [0.15, 0.2) is 0 Å². The molecule has 136 valence electrons. The Morgan fingerprint density at radius 1 is 1.00 bits per heavy atom. The lowest BCUT2D eigenvalue weighted by atomic mass is 9.79. The minimum Gasteiger partial charge on any atom is -0.352 e. The van der Waals surface area contributed by atoms with Crippen molar-refractivity contribution in [3.05, 3.63) is 71.3 Å². The number of rotatable bonds is 4. The smallest absolute Gasteiger partial charge is 0.253 e. The molecule has 1 heterocycles. The highest BCUT2D eigenvalue weighted by Gasteiger charge is 2.38. The first-order chi connectivity index (χ1) is 12.5. The van der Waals surface area contributed by atoms with Crippen LogP contribution >= 0.6 is 0 Å². The highest BCUT2D eigenvalue weighted by Crippen LogP contribution is 2.31. The summed E-state index contributed by atoms with van der Waals surface area (Å²) in [6.07, 6.45) is 1.37. The second-order valence-corrected chi connectivity index (χ2v) is 7.39. The van der Waals surface area contributed by atoms with Gasteiger partial charge in [-0.2, -0.15) is 0 Å². The maximum absolute atomic E-state index is 12.7. The van der Waals surface area contributed by atoms with Crippen molar-refractivity contribution in [1.82, 2.24) is 10.2 Å². The first kappa shape index (κ1) is 18.2. The molecule has 26 heavy (non-hydrogen) atoms. The van der Waals surface area contributed by atoms with Crippen molar-refractivity contribution in [3.63, 3.8) is 0 Å². The van der Waals surface area contributed by atoms with Gasteiger partial charge in [-0.1, -0.05) is 55.0 Å². The fraction of sp³-hybridized carbons (Fsp3) is 0.364. The van der Waals surface area contributed by atoms with Gasteiger partial charge in [0, 0.05) is 30.6 Å². The molecule has 4 heteroatoms. The third-order valence-electron chi connectivity index (χ3n) is 5.30. The number of likely N-dealkylation sites (tertiary alicyclic amines) is 1. The van der Waals surface area contributed by atoms with Crippen molar-refractivity contribution in [2.45, 2.75) is 33.2 Å². The molecule has 0 bridgehead atoms. The van der Waals surface area contributed by atoms with Crippen LogP contribution in [0.1, 0.15) is 41.3 Å². The van der Waals surface area contributed by atoms with Crippen molar-refractivity contribution in [3.8, 4) is 0 Å². The molecule has 2 amide bonds. The van der Waals surface area contributed by atoms with Gasteiger partial charge in [0.05, 0.1) is 0 Å². The molecule has 0 spiro atoms. The van der Waals surface area contributed by atoms with Gasteiger partial charge < -0.3 is 10.2 Å². The first-order valence-electron chi connectivity index (χ1n) is 9.16. The van der Waals surface area contributed by atoms with Crippen LogP contribution in [0.3, 0.4) is 0 Å². The molecule has 1 saturated heterocycles. The molecule has 1 fully saturated rings. The number of nitrogens with zero attached hydrogens (tertiary/aromatic N) is 1. The lowest BCUT2D eigenvalue weighted by Gasteiger charge is -2.38. The van der Waals surface area contributed by atoms with Crippen LogP contribution in [0.15, 0.2) is 54.6 Å². The Labute approximate surface area is 155 Å². The summed E-state index contributed by atoms with van der Waals surface area (Å²) in [7, 11) is 0. The number of carbonyl (C=O) groups excluding carboxylic acids is 2. The Bertz CT molecular complexity index is 760. The Morgan fingerprint density at radius 3 is 2.23 bits per heavy atom. The van der Waals surface area contributed by atoms with E-state index in [0.717, 1.165) is 5.56 Å². The van der Waals surface area contributed by atoms with E-state index >= 15 is 0 Å². The van der Waals surface area contributed by atoms with Gasteiger partial charge in [0.1, 0.15) is 0 Å². The number of amides is 2. The lowest BCUT2D eigenvalue weighted by Crippen LogP contribution is -2.48. The van der Waals surface area contributed by atoms with Crippen molar-refractivity contribution in [2.75, 3.05) is 13.1 Å². The Kier molecular flexibility index (Phi) is 5.40. The predicted octanol–water partition coefficient (Wildman–Crippen LogP) is 3.55. The Morgan fingerprint density at radius 2 is 1.62 bits per heavy atom. The molecule has 0 unspecified atom stereocenters. The van der Waals surface area contributed by atoms with Gasteiger partial charge in [-0.25, -0.2) is 0 Å². The summed E-state index contributed by atoms with van der Waals surface area (Å²) in [5, 5.41) is 3.06. The molecule has 0 saturated carbocycles. The molecule has 1 aliphatic rings. The van der Waals surface area contributed by atoms with Crippen molar-refractivity contribution < 1.29 is 9.59 Å². The van der Waals surface area contributed by atoms with E-state index in [9.17, 15) is 9.59 Å². The monoisotopic (exact) mass is 350 g/mol. The standard InChI is InChI=1S/C22H26N2O2/c1-17-8-10-18(11-9-17)16-23-21(26)22(2)12-14-24(15-13-22)20(25)19-6-4-3-5-7-19/h3-11H,12-16H2,1-2H3,(H,23,26). The molecule has 0 aliphatic carbocycles. The minimum atomic E-state index is -0.418. The van der Waals surface area contributed by atoms with E-state index < -0.39 is 5.41 Å². The zero-order valence-electron chi connectivity index (χ0n) is 15.5. The van der Waals surface area contributed by atoms with E-state index in [4.69, 9.17) is 0 Å². The molecule has 0 radical (unpaired) electrons. The van der Waals surface area contributed by atoms with Crippen LogP contribution < -0.4 is 5.32 Å². The average molecular weight is 350 g/mol.